The lowest BCUT2D eigenvalue weighted by atomic mass is 10.1. The fourth-order valence-corrected chi connectivity index (χ4v) is 3.73. The molecule has 1 aromatic carbocycles. The normalized spacial score (nSPS) is 14.2. The maximum Gasteiger partial charge on any atom is 0.222 e. The number of halogens is 1. The highest BCUT2D eigenvalue weighted by Crippen LogP contribution is 2.17. The predicted molar refractivity (Wildman–Crippen MR) is 120 cm³/mol. The van der Waals surface area contributed by atoms with E-state index in [4.69, 9.17) is 0 Å². The van der Waals surface area contributed by atoms with Gasteiger partial charge >= 0.3 is 0 Å². The summed E-state index contributed by atoms with van der Waals surface area (Å²) in [5.41, 5.74) is 2.36. The second-order valence-corrected chi connectivity index (χ2v) is 7.65. The molecular weight excluding hydrogens is 473 g/mol. The van der Waals surface area contributed by atoms with Crippen LogP contribution in [0.15, 0.2) is 35.5 Å². The van der Waals surface area contributed by atoms with E-state index in [1.165, 1.54) is 16.0 Å². The van der Waals surface area contributed by atoms with E-state index < -0.39 is 0 Å². The van der Waals surface area contributed by atoms with Crippen LogP contribution in [-0.2, 0) is 24.4 Å². The fraction of sp³-hybridized carbons (Fsp3) is 0.421. The van der Waals surface area contributed by atoms with Gasteiger partial charge in [-0.15, -0.1) is 35.3 Å². The molecule has 2 N–H and O–H groups in total. The number of aliphatic imine (C=N–C) groups is 1. The van der Waals surface area contributed by atoms with Gasteiger partial charge in [0.05, 0.1) is 6.54 Å². The lowest BCUT2D eigenvalue weighted by Crippen LogP contribution is -2.36. The molecule has 0 spiro atoms. The maximum absolute atomic E-state index is 11.9. The average Bonchev–Trinajstić information content (AvgIpc) is 3.25. The van der Waals surface area contributed by atoms with Gasteiger partial charge in [0.25, 0.3) is 0 Å². The number of nitrogens with zero attached hydrogens (tertiary/aromatic N) is 3. The topological polar surface area (TPSA) is 69.6 Å². The van der Waals surface area contributed by atoms with E-state index in [-0.39, 0.29) is 29.9 Å². The number of carbonyl (C=O) groups is 1. The van der Waals surface area contributed by atoms with Crippen LogP contribution in [0.3, 0.4) is 0 Å². The summed E-state index contributed by atoms with van der Waals surface area (Å²) >= 11 is 1.68. The molecule has 6 nitrogen and oxygen atoms in total. The summed E-state index contributed by atoms with van der Waals surface area (Å²) in [6.45, 7) is 4.91. The zero-order chi connectivity index (χ0) is 18.4. The quantitative estimate of drug-likeness (QED) is 0.364. The van der Waals surface area contributed by atoms with Gasteiger partial charge in [0.2, 0.25) is 5.91 Å². The second-order valence-electron chi connectivity index (χ2n) is 6.33. The molecule has 1 saturated heterocycles. The molecule has 0 atom stereocenters. The fourth-order valence-electron chi connectivity index (χ4n) is 3.00. The summed E-state index contributed by atoms with van der Waals surface area (Å²) in [5.74, 6) is 0.994. The zero-order valence-electron chi connectivity index (χ0n) is 15.7. The Morgan fingerprint density at radius 2 is 2.00 bits per heavy atom. The van der Waals surface area contributed by atoms with Crippen LogP contribution in [-0.4, -0.2) is 35.3 Å². The van der Waals surface area contributed by atoms with Crippen LogP contribution in [0.25, 0.3) is 0 Å². The van der Waals surface area contributed by atoms with Crippen molar-refractivity contribution in [3.63, 3.8) is 0 Å². The molecule has 1 amide bonds. The highest BCUT2D eigenvalue weighted by Gasteiger charge is 2.20. The van der Waals surface area contributed by atoms with Gasteiger partial charge in [-0.05, 0) is 24.5 Å². The van der Waals surface area contributed by atoms with Crippen molar-refractivity contribution in [1.29, 1.82) is 0 Å². The molecule has 0 aliphatic carbocycles. The van der Waals surface area contributed by atoms with Crippen LogP contribution in [0.1, 0.15) is 33.9 Å². The van der Waals surface area contributed by atoms with Crippen LogP contribution in [0.4, 0.5) is 0 Å². The number of thiazole rings is 1. The number of aryl methyl sites for hydroxylation is 1. The third-order valence-corrected chi connectivity index (χ3v) is 5.31. The minimum atomic E-state index is 0. The monoisotopic (exact) mass is 499 g/mol. The Hall–Kier alpha value is -1.68. The molecule has 0 bridgehead atoms. The summed E-state index contributed by atoms with van der Waals surface area (Å²) in [6.07, 6.45) is 3.52. The van der Waals surface area contributed by atoms with Gasteiger partial charge in [0, 0.05) is 44.2 Å². The number of aromatic nitrogens is 1. The lowest BCUT2D eigenvalue weighted by molar-refractivity contribution is -0.128. The van der Waals surface area contributed by atoms with Crippen LogP contribution in [0, 0.1) is 6.92 Å². The number of benzene rings is 1. The molecule has 2 aromatic rings. The molecular formula is C19H26IN5OS. The summed E-state index contributed by atoms with van der Waals surface area (Å²) in [5, 5.41) is 7.68. The zero-order valence-corrected chi connectivity index (χ0v) is 18.8. The van der Waals surface area contributed by atoms with Gasteiger partial charge in [-0.3, -0.25) is 9.79 Å². The molecule has 1 fully saturated rings. The van der Waals surface area contributed by atoms with E-state index in [1.807, 2.05) is 23.2 Å². The van der Waals surface area contributed by atoms with Crippen molar-refractivity contribution in [2.75, 3.05) is 13.6 Å². The highest BCUT2D eigenvalue weighted by atomic mass is 127. The van der Waals surface area contributed by atoms with Gasteiger partial charge in [-0.25, -0.2) is 4.98 Å². The van der Waals surface area contributed by atoms with Gasteiger partial charge < -0.3 is 15.5 Å². The molecule has 1 aliphatic heterocycles. The number of guanidine groups is 1. The first-order valence-corrected chi connectivity index (χ1v) is 9.67. The Kier molecular flexibility index (Phi) is 8.49. The molecule has 1 aliphatic rings. The van der Waals surface area contributed by atoms with E-state index in [0.29, 0.717) is 26.1 Å². The molecule has 1 aromatic heterocycles. The van der Waals surface area contributed by atoms with E-state index >= 15 is 0 Å². The van der Waals surface area contributed by atoms with E-state index in [1.54, 1.807) is 18.4 Å². The largest absolute Gasteiger partial charge is 0.352 e. The van der Waals surface area contributed by atoms with Crippen molar-refractivity contribution in [3.8, 4) is 0 Å². The average molecular weight is 499 g/mol. The van der Waals surface area contributed by atoms with Crippen LogP contribution in [0.5, 0.6) is 0 Å². The summed E-state index contributed by atoms with van der Waals surface area (Å²) in [7, 11) is 1.76. The number of likely N-dealkylation sites (tertiary alicyclic amines) is 1. The van der Waals surface area contributed by atoms with Crippen LogP contribution >= 0.6 is 35.3 Å². The second kappa shape index (κ2) is 10.6. The van der Waals surface area contributed by atoms with Crippen molar-refractivity contribution in [1.82, 2.24) is 20.5 Å². The SMILES string of the molecule is CN=C(NCc1ncc(C)s1)NCc1ccccc1CN1CCCC1=O.I. The van der Waals surface area contributed by atoms with Crippen molar-refractivity contribution in [2.24, 2.45) is 4.99 Å². The number of hydrogen-bond donors (Lipinski definition) is 2. The Morgan fingerprint density at radius 1 is 1.26 bits per heavy atom. The van der Waals surface area contributed by atoms with Gasteiger partial charge in [-0.1, -0.05) is 24.3 Å². The third kappa shape index (κ3) is 6.17. The molecule has 146 valence electrons. The van der Waals surface area contributed by atoms with Crippen LogP contribution < -0.4 is 10.6 Å². The molecule has 27 heavy (non-hydrogen) atoms. The van der Waals surface area contributed by atoms with Gasteiger partial charge in [-0.2, -0.15) is 0 Å². The predicted octanol–water partition coefficient (Wildman–Crippen LogP) is 3.06. The van der Waals surface area contributed by atoms with E-state index in [0.717, 1.165) is 23.9 Å². The lowest BCUT2D eigenvalue weighted by Gasteiger charge is -2.19. The Bertz CT molecular complexity index is 792. The third-order valence-electron chi connectivity index (χ3n) is 4.40. The standard InChI is InChI=1S/C19H25N5OS.HI/c1-14-10-21-17(26-14)12-23-19(20-2)22-11-15-6-3-4-7-16(15)13-24-9-5-8-18(24)25;/h3-4,6-7,10H,5,8-9,11-13H2,1-2H3,(H2,20,22,23);1H. The smallest absolute Gasteiger partial charge is 0.222 e. The molecule has 3 rings (SSSR count). The first kappa shape index (κ1) is 21.6. The molecule has 2 heterocycles. The summed E-state index contributed by atoms with van der Waals surface area (Å²) < 4.78 is 0. The Morgan fingerprint density at radius 3 is 2.63 bits per heavy atom. The van der Waals surface area contributed by atoms with Crippen molar-refractivity contribution < 1.29 is 4.79 Å². The number of nitrogens with one attached hydrogen (secondary N) is 2. The van der Waals surface area contributed by atoms with Crippen molar-refractivity contribution >= 4 is 47.2 Å². The summed E-state index contributed by atoms with van der Waals surface area (Å²) in [6, 6.07) is 8.25. The Balaban J connectivity index is 0.00000261. The number of carbonyl (C=O) groups excluding carboxylic acids is 1. The summed E-state index contributed by atoms with van der Waals surface area (Å²) in [4.78, 5) is 23.7. The maximum atomic E-state index is 11.9. The minimum Gasteiger partial charge on any atom is -0.352 e. The van der Waals surface area contributed by atoms with Gasteiger partial charge in [0.15, 0.2) is 5.96 Å². The molecule has 0 radical (unpaired) electrons. The Labute approximate surface area is 181 Å². The van der Waals surface area contributed by atoms with Gasteiger partial charge in [0.1, 0.15) is 5.01 Å². The first-order valence-electron chi connectivity index (χ1n) is 8.86. The number of amides is 1. The van der Waals surface area contributed by atoms with Crippen molar-refractivity contribution in [3.05, 3.63) is 51.5 Å². The molecule has 0 saturated carbocycles. The number of rotatable bonds is 6. The number of hydrogen-bond acceptors (Lipinski definition) is 4. The van der Waals surface area contributed by atoms with Crippen LogP contribution in [0.2, 0.25) is 0 Å². The minimum absolute atomic E-state index is 0. The first-order chi connectivity index (χ1) is 12.7. The van der Waals surface area contributed by atoms with Crippen molar-refractivity contribution in [2.45, 2.75) is 39.4 Å². The highest BCUT2D eigenvalue weighted by molar-refractivity contribution is 14.0. The molecule has 0 unspecified atom stereocenters. The van der Waals surface area contributed by atoms with E-state index in [9.17, 15) is 4.79 Å². The van der Waals surface area contributed by atoms with E-state index in [2.05, 4.69) is 39.7 Å². The molecule has 8 heteroatoms.